The number of carbonyl (C=O) groups is 1. The fourth-order valence-corrected chi connectivity index (χ4v) is 4.32. The van der Waals surface area contributed by atoms with Crippen molar-refractivity contribution < 1.29 is 9.53 Å². The summed E-state index contributed by atoms with van der Waals surface area (Å²) in [6.07, 6.45) is 3.70. The number of thiazole rings is 1. The zero-order chi connectivity index (χ0) is 18.1. The van der Waals surface area contributed by atoms with Gasteiger partial charge < -0.3 is 20.3 Å². The number of ether oxygens (including phenoxy) is 1. The summed E-state index contributed by atoms with van der Waals surface area (Å²) < 4.78 is 5.81. The molecular formula is C19H24N4O2S. The number of hydrogen-bond acceptors (Lipinski definition) is 5. The van der Waals surface area contributed by atoms with Crippen molar-refractivity contribution in [2.45, 2.75) is 38.8 Å². The average Bonchev–Trinajstić information content (AvgIpc) is 3.29. The first-order valence-corrected chi connectivity index (χ1v) is 9.94. The number of carbonyl (C=O) groups excluding carboxylic acids is 1. The molecule has 0 saturated carbocycles. The normalized spacial score (nSPS) is 19.8. The molecule has 1 aromatic carbocycles. The smallest absolute Gasteiger partial charge is 0.315 e. The number of aryl methyl sites for hydroxylation is 1. The van der Waals surface area contributed by atoms with Crippen LogP contribution in [0.15, 0.2) is 23.7 Å². The highest BCUT2D eigenvalue weighted by Gasteiger charge is 2.28. The minimum atomic E-state index is -0.114. The first-order chi connectivity index (χ1) is 12.6. The molecule has 2 aliphatic rings. The molecule has 3 heterocycles. The minimum absolute atomic E-state index is 0.0836. The molecule has 2 aliphatic heterocycles. The highest BCUT2D eigenvalue weighted by atomic mass is 32.1. The lowest BCUT2D eigenvalue weighted by Gasteiger charge is -2.32. The summed E-state index contributed by atoms with van der Waals surface area (Å²) >= 11 is 1.66. The molecule has 2 N–H and O–H groups in total. The third-order valence-corrected chi connectivity index (χ3v) is 6.13. The number of rotatable bonds is 3. The Morgan fingerprint density at radius 1 is 1.27 bits per heavy atom. The van der Waals surface area contributed by atoms with E-state index < -0.39 is 0 Å². The lowest BCUT2D eigenvalue weighted by atomic mass is 10.0. The van der Waals surface area contributed by atoms with Gasteiger partial charge in [-0.05, 0) is 37.8 Å². The van der Waals surface area contributed by atoms with Gasteiger partial charge in [-0.25, -0.2) is 9.78 Å². The Hall–Kier alpha value is -2.28. The standard InChI is InChI=1S/C19H24N4O2S/c1-12-3-4-15-16(11-25-17(15)13(12)2)22-18(24)21-14-5-8-23(9-6-14)19-20-7-10-26-19/h3-4,7,10,14,16H,5-6,8-9,11H2,1-2H3,(H2,21,22,24). The van der Waals surface area contributed by atoms with Crippen LogP contribution in [0.2, 0.25) is 0 Å². The number of amides is 2. The van der Waals surface area contributed by atoms with Gasteiger partial charge >= 0.3 is 6.03 Å². The first kappa shape index (κ1) is 17.1. The molecule has 0 bridgehead atoms. The van der Waals surface area contributed by atoms with Crippen LogP contribution in [0.3, 0.4) is 0 Å². The number of benzene rings is 1. The van der Waals surface area contributed by atoms with Crippen LogP contribution in [0.4, 0.5) is 9.93 Å². The summed E-state index contributed by atoms with van der Waals surface area (Å²) in [5, 5.41) is 9.25. The fourth-order valence-electron chi connectivity index (χ4n) is 3.63. The van der Waals surface area contributed by atoms with Gasteiger partial charge in [-0.15, -0.1) is 11.3 Å². The summed E-state index contributed by atoms with van der Waals surface area (Å²) in [4.78, 5) is 19.1. The van der Waals surface area contributed by atoms with Crippen LogP contribution in [0, 0.1) is 13.8 Å². The highest BCUT2D eigenvalue weighted by molar-refractivity contribution is 7.13. The molecule has 1 atom stereocenters. The summed E-state index contributed by atoms with van der Waals surface area (Å²) in [5.74, 6) is 0.923. The van der Waals surface area contributed by atoms with E-state index in [4.69, 9.17) is 4.74 Å². The topological polar surface area (TPSA) is 66.5 Å². The van der Waals surface area contributed by atoms with Crippen LogP contribution < -0.4 is 20.3 Å². The lowest BCUT2D eigenvalue weighted by Crippen LogP contribution is -2.48. The molecule has 6 nitrogen and oxygen atoms in total. The number of hydrogen-bond donors (Lipinski definition) is 2. The Labute approximate surface area is 157 Å². The second kappa shape index (κ2) is 7.15. The molecule has 4 rings (SSSR count). The first-order valence-electron chi connectivity index (χ1n) is 9.06. The summed E-state index contributed by atoms with van der Waals surface area (Å²) in [5.41, 5.74) is 3.43. The van der Waals surface area contributed by atoms with Crippen molar-refractivity contribution in [2.75, 3.05) is 24.6 Å². The Morgan fingerprint density at radius 3 is 2.81 bits per heavy atom. The maximum Gasteiger partial charge on any atom is 0.315 e. The molecule has 1 saturated heterocycles. The van der Waals surface area contributed by atoms with Crippen LogP contribution in [0.1, 0.15) is 35.6 Å². The van der Waals surface area contributed by atoms with Crippen molar-refractivity contribution in [3.63, 3.8) is 0 Å². The van der Waals surface area contributed by atoms with E-state index in [9.17, 15) is 4.79 Å². The summed E-state index contributed by atoms with van der Waals surface area (Å²) in [7, 11) is 0. The molecule has 138 valence electrons. The predicted octanol–water partition coefficient (Wildman–Crippen LogP) is 3.16. The van der Waals surface area contributed by atoms with Crippen LogP contribution in [0.25, 0.3) is 0 Å². The van der Waals surface area contributed by atoms with Gasteiger partial charge in [0.15, 0.2) is 5.13 Å². The number of piperidine rings is 1. The molecule has 1 unspecified atom stereocenters. The largest absolute Gasteiger partial charge is 0.490 e. The number of urea groups is 1. The zero-order valence-electron chi connectivity index (χ0n) is 15.1. The third-order valence-electron chi connectivity index (χ3n) is 5.30. The van der Waals surface area contributed by atoms with Crippen molar-refractivity contribution >= 4 is 22.5 Å². The van der Waals surface area contributed by atoms with Gasteiger partial charge in [0.25, 0.3) is 0 Å². The van der Waals surface area contributed by atoms with Gasteiger partial charge in [-0.3, -0.25) is 0 Å². The summed E-state index contributed by atoms with van der Waals surface area (Å²) in [6, 6.07) is 4.15. The van der Waals surface area contributed by atoms with E-state index in [1.54, 1.807) is 11.3 Å². The van der Waals surface area contributed by atoms with Crippen molar-refractivity contribution in [1.82, 2.24) is 15.6 Å². The minimum Gasteiger partial charge on any atom is -0.490 e. The lowest BCUT2D eigenvalue weighted by molar-refractivity contribution is 0.226. The van der Waals surface area contributed by atoms with E-state index in [1.165, 1.54) is 5.56 Å². The molecule has 7 heteroatoms. The molecule has 2 amide bonds. The van der Waals surface area contributed by atoms with Crippen LogP contribution in [0.5, 0.6) is 5.75 Å². The van der Waals surface area contributed by atoms with E-state index >= 15 is 0 Å². The van der Waals surface area contributed by atoms with E-state index in [2.05, 4.69) is 46.5 Å². The molecule has 1 fully saturated rings. The maximum absolute atomic E-state index is 12.4. The van der Waals surface area contributed by atoms with Crippen molar-refractivity contribution in [3.05, 3.63) is 40.4 Å². The van der Waals surface area contributed by atoms with E-state index in [1.807, 2.05) is 11.6 Å². The Kier molecular flexibility index (Phi) is 4.72. The highest BCUT2D eigenvalue weighted by Crippen LogP contribution is 2.36. The maximum atomic E-state index is 12.4. The SMILES string of the molecule is Cc1ccc2c(c1C)OCC2NC(=O)NC1CCN(c2nccs2)CC1. The zero-order valence-corrected chi connectivity index (χ0v) is 15.9. The van der Waals surface area contributed by atoms with Crippen molar-refractivity contribution in [3.8, 4) is 5.75 Å². The second-order valence-electron chi connectivity index (χ2n) is 6.98. The molecule has 0 aliphatic carbocycles. The molecule has 26 heavy (non-hydrogen) atoms. The number of nitrogens with zero attached hydrogens (tertiary/aromatic N) is 2. The van der Waals surface area contributed by atoms with Gasteiger partial charge in [0.1, 0.15) is 12.4 Å². The van der Waals surface area contributed by atoms with Crippen LogP contribution >= 0.6 is 11.3 Å². The fraction of sp³-hybridized carbons (Fsp3) is 0.474. The van der Waals surface area contributed by atoms with Gasteiger partial charge in [-0.2, -0.15) is 0 Å². The Balaban J connectivity index is 1.30. The van der Waals surface area contributed by atoms with E-state index in [-0.39, 0.29) is 18.1 Å². The number of aromatic nitrogens is 1. The molecule has 0 radical (unpaired) electrons. The van der Waals surface area contributed by atoms with Crippen molar-refractivity contribution in [1.29, 1.82) is 0 Å². The molecule has 0 spiro atoms. The Bertz CT molecular complexity index is 785. The number of nitrogens with one attached hydrogen (secondary N) is 2. The van der Waals surface area contributed by atoms with Crippen LogP contribution in [-0.4, -0.2) is 36.8 Å². The van der Waals surface area contributed by atoms with Crippen molar-refractivity contribution in [2.24, 2.45) is 0 Å². The van der Waals surface area contributed by atoms with Gasteiger partial charge in [0.05, 0.1) is 6.04 Å². The third kappa shape index (κ3) is 3.35. The van der Waals surface area contributed by atoms with Gasteiger partial charge in [0.2, 0.25) is 0 Å². The number of fused-ring (bicyclic) bond motifs is 1. The second-order valence-corrected chi connectivity index (χ2v) is 7.86. The quantitative estimate of drug-likeness (QED) is 0.869. The van der Waals surface area contributed by atoms with Gasteiger partial charge in [-0.1, -0.05) is 12.1 Å². The summed E-state index contributed by atoms with van der Waals surface area (Å²) in [6.45, 7) is 6.48. The Morgan fingerprint density at radius 2 is 2.08 bits per heavy atom. The van der Waals surface area contributed by atoms with E-state index in [0.29, 0.717) is 6.61 Å². The monoisotopic (exact) mass is 372 g/mol. The molecule has 1 aromatic heterocycles. The van der Waals surface area contributed by atoms with E-state index in [0.717, 1.165) is 47.9 Å². The average molecular weight is 372 g/mol. The molecular weight excluding hydrogens is 348 g/mol. The van der Waals surface area contributed by atoms with Crippen LogP contribution in [-0.2, 0) is 0 Å². The molecule has 2 aromatic rings. The number of anilines is 1. The van der Waals surface area contributed by atoms with Gasteiger partial charge in [0, 0.05) is 36.3 Å². The predicted molar refractivity (Wildman–Crippen MR) is 103 cm³/mol.